The highest BCUT2D eigenvalue weighted by atomic mass is 15.1. The minimum atomic E-state index is 0.206. The quantitative estimate of drug-likeness (QED) is 0.539. The Labute approximate surface area is 78.7 Å². The van der Waals surface area contributed by atoms with Gasteiger partial charge in [-0.05, 0) is 17.7 Å². The van der Waals surface area contributed by atoms with Crippen LogP contribution >= 0.6 is 0 Å². The SMILES string of the molecule is CN(C)c1ccc(CC(=N)N)cc1. The molecule has 0 saturated heterocycles. The van der Waals surface area contributed by atoms with Crippen molar-refractivity contribution >= 4 is 11.5 Å². The standard InChI is InChI=1S/C10H15N3/c1-13(2)9-5-3-8(4-6-9)7-10(11)12/h3-6H,7H2,1-2H3,(H3,11,12). The predicted octanol–water partition coefficient (Wildman–Crippen LogP) is 1.23. The molecule has 1 rings (SSSR count). The molecule has 13 heavy (non-hydrogen) atoms. The summed E-state index contributed by atoms with van der Waals surface area (Å²) in [5.74, 6) is 0.206. The van der Waals surface area contributed by atoms with E-state index in [0.29, 0.717) is 6.42 Å². The van der Waals surface area contributed by atoms with Crippen molar-refractivity contribution in [3.05, 3.63) is 29.8 Å². The van der Waals surface area contributed by atoms with E-state index in [1.807, 2.05) is 43.3 Å². The Hall–Kier alpha value is -1.51. The Morgan fingerprint density at radius 2 is 1.85 bits per heavy atom. The van der Waals surface area contributed by atoms with Gasteiger partial charge in [0, 0.05) is 26.2 Å². The van der Waals surface area contributed by atoms with Crippen molar-refractivity contribution in [3.63, 3.8) is 0 Å². The number of hydrogen-bond donors (Lipinski definition) is 2. The molecule has 1 aromatic carbocycles. The summed E-state index contributed by atoms with van der Waals surface area (Å²) in [6.45, 7) is 0. The molecule has 0 spiro atoms. The van der Waals surface area contributed by atoms with E-state index >= 15 is 0 Å². The number of nitrogens with one attached hydrogen (secondary N) is 1. The first kappa shape index (κ1) is 9.58. The minimum absolute atomic E-state index is 0.206. The molecule has 0 fully saturated rings. The fourth-order valence-electron chi connectivity index (χ4n) is 1.13. The van der Waals surface area contributed by atoms with E-state index in [1.165, 1.54) is 0 Å². The third-order valence-electron chi connectivity index (χ3n) is 1.85. The van der Waals surface area contributed by atoms with Crippen molar-refractivity contribution in [1.29, 1.82) is 5.41 Å². The van der Waals surface area contributed by atoms with Crippen LogP contribution in [0.3, 0.4) is 0 Å². The van der Waals surface area contributed by atoms with Gasteiger partial charge in [0.05, 0.1) is 5.84 Å². The maximum absolute atomic E-state index is 7.14. The van der Waals surface area contributed by atoms with Gasteiger partial charge < -0.3 is 10.6 Å². The van der Waals surface area contributed by atoms with Gasteiger partial charge in [0.2, 0.25) is 0 Å². The fraction of sp³-hybridized carbons (Fsp3) is 0.300. The van der Waals surface area contributed by atoms with Crippen LogP contribution in [0.2, 0.25) is 0 Å². The van der Waals surface area contributed by atoms with Crippen LogP contribution in [-0.4, -0.2) is 19.9 Å². The lowest BCUT2D eigenvalue weighted by molar-refractivity contribution is 1.13. The minimum Gasteiger partial charge on any atom is -0.387 e. The molecule has 0 aliphatic heterocycles. The number of benzene rings is 1. The summed E-state index contributed by atoms with van der Waals surface area (Å²) in [5.41, 5.74) is 7.54. The van der Waals surface area contributed by atoms with Crippen LogP contribution in [0.1, 0.15) is 5.56 Å². The topological polar surface area (TPSA) is 53.1 Å². The Morgan fingerprint density at radius 3 is 2.23 bits per heavy atom. The van der Waals surface area contributed by atoms with Crippen LogP contribution < -0.4 is 10.6 Å². The van der Waals surface area contributed by atoms with Gasteiger partial charge >= 0.3 is 0 Å². The Morgan fingerprint density at radius 1 is 1.31 bits per heavy atom. The van der Waals surface area contributed by atoms with Gasteiger partial charge in [-0.3, -0.25) is 5.41 Å². The van der Waals surface area contributed by atoms with E-state index in [4.69, 9.17) is 11.1 Å². The number of rotatable bonds is 3. The second-order valence-electron chi connectivity index (χ2n) is 3.26. The van der Waals surface area contributed by atoms with Crippen molar-refractivity contribution in [1.82, 2.24) is 0 Å². The molecule has 70 valence electrons. The zero-order valence-corrected chi connectivity index (χ0v) is 8.04. The van der Waals surface area contributed by atoms with E-state index in [9.17, 15) is 0 Å². The zero-order chi connectivity index (χ0) is 9.84. The van der Waals surface area contributed by atoms with Crippen molar-refractivity contribution in [3.8, 4) is 0 Å². The number of nitrogens with two attached hydrogens (primary N) is 1. The zero-order valence-electron chi connectivity index (χ0n) is 8.04. The summed E-state index contributed by atoms with van der Waals surface area (Å²) in [4.78, 5) is 2.04. The number of anilines is 1. The van der Waals surface area contributed by atoms with Gasteiger partial charge in [0.15, 0.2) is 0 Å². The Bertz CT molecular complexity index is 288. The molecule has 0 atom stereocenters. The van der Waals surface area contributed by atoms with Gasteiger partial charge in [-0.25, -0.2) is 0 Å². The monoisotopic (exact) mass is 177 g/mol. The molecular weight excluding hydrogens is 162 g/mol. The molecule has 0 unspecified atom stereocenters. The average molecular weight is 177 g/mol. The van der Waals surface area contributed by atoms with Crippen molar-refractivity contribution in [2.75, 3.05) is 19.0 Å². The van der Waals surface area contributed by atoms with Crippen LogP contribution in [0.4, 0.5) is 5.69 Å². The summed E-state index contributed by atoms with van der Waals surface area (Å²) < 4.78 is 0. The van der Waals surface area contributed by atoms with E-state index in [1.54, 1.807) is 0 Å². The summed E-state index contributed by atoms with van der Waals surface area (Å²) in [6.07, 6.45) is 0.535. The maximum atomic E-state index is 7.14. The van der Waals surface area contributed by atoms with Gasteiger partial charge in [-0.15, -0.1) is 0 Å². The summed E-state index contributed by atoms with van der Waals surface area (Å²) in [7, 11) is 4.00. The molecule has 0 amide bonds. The molecular formula is C10H15N3. The van der Waals surface area contributed by atoms with Gasteiger partial charge in [-0.1, -0.05) is 12.1 Å². The number of hydrogen-bond acceptors (Lipinski definition) is 2. The summed E-state index contributed by atoms with van der Waals surface area (Å²) in [6, 6.07) is 8.05. The Kier molecular flexibility index (Phi) is 2.90. The molecule has 0 heterocycles. The normalized spacial score (nSPS) is 9.69. The molecule has 0 aliphatic carbocycles. The van der Waals surface area contributed by atoms with E-state index < -0.39 is 0 Å². The van der Waals surface area contributed by atoms with Crippen molar-refractivity contribution < 1.29 is 0 Å². The lowest BCUT2D eigenvalue weighted by atomic mass is 10.1. The highest BCUT2D eigenvalue weighted by Crippen LogP contribution is 2.12. The van der Waals surface area contributed by atoms with Crippen LogP contribution in [0.15, 0.2) is 24.3 Å². The molecule has 1 aromatic rings. The molecule has 0 radical (unpaired) electrons. The molecule has 0 saturated carbocycles. The van der Waals surface area contributed by atoms with Crippen LogP contribution in [0.25, 0.3) is 0 Å². The first-order valence-corrected chi connectivity index (χ1v) is 4.19. The van der Waals surface area contributed by atoms with E-state index in [0.717, 1.165) is 11.3 Å². The van der Waals surface area contributed by atoms with Gasteiger partial charge in [0.1, 0.15) is 0 Å². The fourth-order valence-corrected chi connectivity index (χ4v) is 1.13. The molecule has 0 bridgehead atoms. The summed E-state index contributed by atoms with van der Waals surface area (Å²) in [5, 5.41) is 7.14. The van der Waals surface area contributed by atoms with Crippen LogP contribution in [0.5, 0.6) is 0 Å². The van der Waals surface area contributed by atoms with E-state index in [2.05, 4.69) is 0 Å². The van der Waals surface area contributed by atoms with Crippen molar-refractivity contribution in [2.45, 2.75) is 6.42 Å². The first-order chi connectivity index (χ1) is 6.09. The smallest absolute Gasteiger partial charge is 0.0950 e. The predicted molar refractivity (Wildman–Crippen MR) is 56.4 cm³/mol. The second kappa shape index (κ2) is 3.94. The lowest BCUT2D eigenvalue weighted by Crippen LogP contribution is -2.13. The molecule has 3 heteroatoms. The first-order valence-electron chi connectivity index (χ1n) is 4.19. The molecule has 3 N–H and O–H groups in total. The number of nitrogens with zero attached hydrogens (tertiary/aromatic N) is 1. The molecule has 0 aliphatic rings. The maximum Gasteiger partial charge on any atom is 0.0950 e. The number of amidine groups is 1. The third-order valence-corrected chi connectivity index (χ3v) is 1.85. The lowest BCUT2D eigenvalue weighted by Gasteiger charge is -2.12. The molecule has 3 nitrogen and oxygen atoms in total. The Balaban J connectivity index is 2.75. The van der Waals surface area contributed by atoms with Gasteiger partial charge in [-0.2, -0.15) is 0 Å². The third kappa shape index (κ3) is 2.78. The second-order valence-corrected chi connectivity index (χ2v) is 3.26. The van der Waals surface area contributed by atoms with Crippen LogP contribution in [0, 0.1) is 5.41 Å². The van der Waals surface area contributed by atoms with Crippen LogP contribution in [-0.2, 0) is 6.42 Å². The van der Waals surface area contributed by atoms with Crippen molar-refractivity contribution in [2.24, 2.45) is 5.73 Å². The molecule has 0 aromatic heterocycles. The highest BCUT2D eigenvalue weighted by molar-refractivity contribution is 5.79. The average Bonchev–Trinajstić information content (AvgIpc) is 2.04. The van der Waals surface area contributed by atoms with Gasteiger partial charge in [0.25, 0.3) is 0 Å². The largest absolute Gasteiger partial charge is 0.387 e. The summed E-state index contributed by atoms with van der Waals surface area (Å²) >= 11 is 0. The van der Waals surface area contributed by atoms with E-state index in [-0.39, 0.29) is 5.84 Å². The highest BCUT2D eigenvalue weighted by Gasteiger charge is 1.97.